The molecule has 0 aliphatic heterocycles. The Bertz CT molecular complexity index is 259. The van der Waals surface area contributed by atoms with Crippen molar-refractivity contribution in [2.45, 2.75) is 20.3 Å². The van der Waals surface area contributed by atoms with E-state index in [-0.39, 0.29) is 11.8 Å². The van der Waals surface area contributed by atoms with Crippen molar-refractivity contribution in [1.82, 2.24) is 0 Å². The van der Waals surface area contributed by atoms with Crippen molar-refractivity contribution in [3.8, 4) is 5.75 Å². The third-order valence-corrected chi connectivity index (χ3v) is 1.85. The molecule has 0 heterocycles. The van der Waals surface area contributed by atoms with Crippen LogP contribution in [-0.4, -0.2) is 11.0 Å². The van der Waals surface area contributed by atoms with Gasteiger partial charge in [-0.05, 0) is 18.6 Å². The Labute approximate surface area is 84.6 Å². The number of carbonyl (C=O) groups excluding carboxylic acids is 1. The van der Waals surface area contributed by atoms with Gasteiger partial charge in [-0.1, -0.05) is 32.0 Å². The van der Waals surface area contributed by atoms with Crippen LogP contribution in [0.5, 0.6) is 5.75 Å². The quantitative estimate of drug-likeness (QED) is 0.757. The summed E-state index contributed by atoms with van der Waals surface area (Å²) in [5, 5.41) is 8.63. The molecule has 0 spiro atoms. The summed E-state index contributed by atoms with van der Waals surface area (Å²) in [7, 11) is 0. The predicted molar refractivity (Wildman–Crippen MR) is 56.8 cm³/mol. The molecule has 1 aromatic rings. The third kappa shape index (κ3) is 6.06. The first kappa shape index (κ1) is 12.5. The Hall–Kier alpha value is -1.51. The number of amides is 1. The van der Waals surface area contributed by atoms with Crippen molar-refractivity contribution in [2.24, 2.45) is 11.7 Å². The average molecular weight is 195 g/mol. The van der Waals surface area contributed by atoms with Gasteiger partial charge in [-0.15, -0.1) is 0 Å². The van der Waals surface area contributed by atoms with Crippen LogP contribution >= 0.6 is 0 Å². The number of hydrogen-bond donors (Lipinski definition) is 2. The van der Waals surface area contributed by atoms with Crippen molar-refractivity contribution in [3.05, 3.63) is 30.3 Å². The summed E-state index contributed by atoms with van der Waals surface area (Å²) in [5.41, 5.74) is 4.91. The lowest BCUT2D eigenvalue weighted by molar-refractivity contribution is -0.121. The monoisotopic (exact) mass is 195 g/mol. The molecular formula is C11H17NO2. The van der Waals surface area contributed by atoms with E-state index in [1.807, 2.05) is 19.9 Å². The van der Waals surface area contributed by atoms with Crippen LogP contribution < -0.4 is 5.73 Å². The number of carbonyl (C=O) groups is 1. The molecule has 0 aliphatic rings. The van der Waals surface area contributed by atoms with Crippen LogP contribution in [0.15, 0.2) is 30.3 Å². The molecule has 1 aromatic carbocycles. The summed E-state index contributed by atoms with van der Waals surface area (Å²) < 4.78 is 0. The minimum atomic E-state index is -0.206. The van der Waals surface area contributed by atoms with Crippen LogP contribution in [0.25, 0.3) is 0 Å². The minimum absolute atomic E-state index is 0.0417. The Morgan fingerprint density at radius 2 is 1.93 bits per heavy atom. The number of primary amides is 1. The summed E-state index contributed by atoms with van der Waals surface area (Å²) in [6.07, 6.45) is 0.843. The molecule has 0 radical (unpaired) electrons. The zero-order chi connectivity index (χ0) is 11.0. The number of benzene rings is 1. The lowest BCUT2D eigenvalue weighted by Gasteiger charge is -1.98. The number of rotatable bonds is 2. The third-order valence-electron chi connectivity index (χ3n) is 1.85. The highest BCUT2D eigenvalue weighted by Gasteiger charge is 2.02. The second kappa shape index (κ2) is 6.95. The van der Waals surface area contributed by atoms with E-state index in [9.17, 15) is 4.79 Å². The molecule has 0 saturated heterocycles. The summed E-state index contributed by atoms with van der Waals surface area (Å²) in [5.74, 6) is 0.157. The average Bonchev–Trinajstić information content (AvgIpc) is 2.18. The van der Waals surface area contributed by atoms with Crippen LogP contribution in [0, 0.1) is 5.92 Å². The van der Waals surface area contributed by atoms with Gasteiger partial charge in [0.15, 0.2) is 0 Å². The topological polar surface area (TPSA) is 63.3 Å². The molecule has 0 aliphatic carbocycles. The van der Waals surface area contributed by atoms with Crippen molar-refractivity contribution >= 4 is 5.91 Å². The van der Waals surface area contributed by atoms with E-state index >= 15 is 0 Å². The molecule has 3 heteroatoms. The van der Waals surface area contributed by atoms with Gasteiger partial charge in [0, 0.05) is 5.92 Å². The molecule has 1 rings (SSSR count). The fourth-order valence-corrected chi connectivity index (χ4v) is 0.629. The van der Waals surface area contributed by atoms with Crippen LogP contribution in [0.4, 0.5) is 0 Å². The predicted octanol–water partition coefficient (Wildman–Crippen LogP) is 1.91. The maximum atomic E-state index is 10.2. The Morgan fingerprint density at radius 3 is 2.07 bits per heavy atom. The number of phenols is 1. The van der Waals surface area contributed by atoms with Gasteiger partial charge in [0.1, 0.15) is 5.75 Å². The second-order valence-electron chi connectivity index (χ2n) is 3.05. The van der Waals surface area contributed by atoms with E-state index < -0.39 is 0 Å². The second-order valence-corrected chi connectivity index (χ2v) is 3.05. The van der Waals surface area contributed by atoms with Gasteiger partial charge in [-0.25, -0.2) is 0 Å². The van der Waals surface area contributed by atoms with Crippen molar-refractivity contribution in [2.75, 3.05) is 0 Å². The first-order valence-corrected chi connectivity index (χ1v) is 4.61. The maximum Gasteiger partial charge on any atom is 0.220 e. The maximum absolute atomic E-state index is 10.2. The minimum Gasteiger partial charge on any atom is -0.508 e. The molecule has 3 N–H and O–H groups in total. The number of hydrogen-bond acceptors (Lipinski definition) is 2. The number of para-hydroxylation sites is 1. The highest BCUT2D eigenvalue weighted by Crippen LogP contribution is 2.02. The van der Waals surface area contributed by atoms with Gasteiger partial charge >= 0.3 is 0 Å². The van der Waals surface area contributed by atoms with Crippen LogP contribution in [-0.2, 0) is 4.79 Å². The SMILES string of the molecule is CCC(C)C(N)=O.Oc1ccccc1. The zero-order valence-corrected chi connectivity index (χ0v) is 8.60. The van der Waals surface area contributed by atoms with Gasteiger partial charge in [-0.3, -0.25) is 4.79 Å². The van der Waals surface area contributed by atoms with Gasteiger partial charge in [0.2, 0.25) is 5.91 Å². The van der Waals surface area contributed by atoms with Crippen LogP contribution in [0.2, 0.25) is 0 Å². The first-order chi connectivity index (χ1) is 6.57. The summed E-state index contributed by atoms with van der Waals surface area (Å²) in [6, 6.07) is 8.71. The van der Waals surface area contributed by atoms with Gasteiger partial charge in [0.25, 0.3) is 0 Å². The van der Waals surface area contributed by atoms with E-state index in [4.69, 9.17) is 10.8 Å². The summed E-state index contributed by atoms with van der Waals surface area (Å²) >= 11 is 0. The lowest BCUT2D eigenvalue weighted by atomic mass is 10.1. The molecule has 78 valence electrons. The Morgan fingerprint density at radius 1 is 1.43 bits per heavy atom. The summed E-state index contributed by atoms with van der Waals surface area (Å²) in [6.45, 7) is 3.76. The molecule has 1 unspecified atom stereocenters. The standard InChI is InChI=1S/C6H6O.C5H11NO/c7-6-4-2-1-3-5-6;1-3-4(2)5(6)7/h1-5,7H;4H,3H2,1-2H3,(H2,6,7). The van der Waals surface area contributed by atoms with Gasteiger partial charge in [0.05, 0.1) is 0 Å². The van der Waals surface area contributed by atoms with E-state index in [0.29, 0.717) is 5.75 Å². The molecule has 1 amide bonds. The van der Waals surface area contributed by atoms with E-state index in [2.05, 4.69) is 0 Å². The number of nitrogens with two attached hydrogens (primary N) is 1. The van der Waals surface area contributed by atoms with E-state index in [1.165, 1.54) is 0 Å². The summed E-state index contributed by atoms with van der Waals surface area (Å²) in [4.78, 5) is 10.2. The fourth-order valence-electron chi connectivity index (χ4n) is 0.629. The molecule has 14 heavy (non-hydrogen) atoms. The molecular weight excluding hydrogens is 178 g/mol. The first-order valence-electron chi connectivity index (χ1n) is 4.61. The van der Waals surface area contributed by atoms with Gasteiger partial charge in [-0.2, -0.15) is 0 Å². The van der Waals surface area contributed by atoms with Gasteiger partial charge < -0.3 is 10.8 Å². The highest BCUT2D eigenvalue weighted by molar-refractivity contribution is 5.76. The molecule has 0 saturated carbocycles. The van der Waals surface area contributed by atoms with Crippen LogP contribution in [0.1, 0.15) is 20.3 Å². The zero-order valence-electron chi connectivity index (χ0n) is 8.60. The molecule has 0 bridgehead atoms. The molecule has 0 aromatic heterocycles. The smallest absolute Gasteiger partial charge is 0.220 e. The van der Waals surface area contributed by atoms with Crippen molar-refractivity contribution in [1.29, 1.82) is 0 Å². The van der Waals surface area contributed by atoms with E-state index in [0.717, 1.165) is 6.42 Å². The number of phenolic OH excluding ortho intramolecular Hbond substituents is 1. The molecule has 3 nitrogen and oxygen atoms in total. The fraction of sp³-hybridized carbons (Fsp3) is 0.364. The highest BCUT2D eigenvalue weighted by atomic mass is 16.3. The lowest BCUT2D eigenvalue weighted by Crippen LogP contribution is -2.19. The largest absolute Gasteiger partial charge is 0.508 e. The van der Waals surface area contributed by atoms with Crippen molar-refractivity contribution < 1.29 is 9.90 Å². The van der Waals surface area contributed by atoms with Crippen LogP contribution in [0.3, 0.4) is 0 Å². The normalized spacial score (nSPS) is 11.0. The Balaban J connectivity index is 0.000000241. The van der Waals surface area contributed by atoms with Crippen molar-refractivity contribution in [3.63, 3.8) is 0 Å². The van der Waals surface area contributed by atoms with E-state index in [1.54, 1.807) is 24.3 Å². The Kier molecular flexibility index (Phi) is 6.20. The molecule has 0 fully saturated rings. The molecule has 1 atom stereocenters. The number of aromatic hydroxyl groups is 1.